The fraction of sp³-hybridized carbons (Fsp3) is 0.714. The van der Waals surface area contributed by atoms with Crippen molar-refractivity contribution >= 4 is 11.6 Å². The Morgan fingerprint density at radius 2 is 2.00 bits per heavy atom. The molecule has 2 rings (SSSR count). The zero-order valence-electron chi connectivity index (χ0n) is 12.2. The van der Waals surface area contributed by atoms with Gasteiger partial charge in [0.15, 0.2) is 0 Å². The van der Waals surface area contributed by atoms with E-state index in [9.17, 15) is 0 Å². The van der Waals surface area contributed by atoms with Crippen LogP contribution in [-0.2, 0) is 0 Å². The molecule has 1 saturated carbocycles. The Bertz CT molecular complexity index is 428. The number of hydrogen-bond donors (Lipinski definition) is 3. The van der Waals surface area contributed by atoms with Gasteiger partial charge in [-0.05, 0) is 33.1 Å². The van der Waals surface area contributed by atoms with E-state index >= 15 is 0 Å². The molecule has 0 amide bonds. The van der Waals surface area contributed by atoms with E-state index in [0.29, 0.717) is 12.0 Å². The van der Waals surface area contributed by atoms with Crippen LogP contribution in [0.5, 0.6) is 0 Å². The first kappa shape index (κ1) is 14.1. The predicted molar refractivity (Wildman–Crippen MR) is 79.2 cm³/mol. The summed E-state index contributed by atoms with van der Waals surface area (Å²) in [7, 11) is 0. The zero-order chi connectivity index (χ0) is 13.8. The van der Waals surface area contributed by atoms with E-state index < -0.39 is 0 Å². The van der Waals surface area contributed by atoms with E-state index in [0.717, 1.165) is 29.4 Å². The van der Waals surface area contributed by atoms with Crippen LogP contribution < -0.4 is 16.6 Å². The molecule has 0 aromatic carbocycles. The number of nitrogens with one attached hydrogen (secondary N) is 2. The van der Waals surface area contributed by atoms with E-state index in [-0.39, 0.29) is 0 Å². The lowest BCUT2D eigenvalue weighted by atomic mass is 10.1. The topological polar surface area (TPSA) is 75.9 Å². The summed E-state index contributed by atoms with van der Waals surface area (Å²) >= 11 is 0. The lowest BCUT2D eigenvalue weighted by Crippen LogP contribution is -2.20. The predicted octanol–water partition coefficient (Wildman–Crippen LogP) is 2.94. The van der Waals surface area contributed by atoms with Gasteiger partial charge in [0.1, 0.15) is 17.5 Å². The number of aromatic nitrogens is 2. The standard InChI is InChI=1S/C14H25N5/c1-4-5-6-9(2)16-12-10(3)13(19-15)18-14(17-12)11-7-8-11/h9,11H,4-8,15H2,1-3H3,(H2,16,17,18,19). The van der Waals surface area contributed by atoms with Crippen LogP contribution in [0.2, 0.25) is 0 Å². The fourth-order valence-electron chi connectivity index (χ4n) is 2.15. The fourth-order valence-corrected chi connectivity index (χ4v) is 2.15. The number of hydrazine groups is 1. The summed E-state index contributed by atoms with van der Waals surface area (Å²) in [5.74, 6) is 8.66. The number of hydrogen-bond acceptors (Lipinski definition) is 5. The van der Waals surface area contributed by atoms with Crippen LogP contribution in [0.3, 0.4) is 0 Å². The second kappa shape index (κ2) is 6.19. The third-order valence-corrected chi connectivity index (χ3v) is 3.62. The number of nitrogen functional groups attached to an aromatic ring is 1. The van der Waals surface area contributed by atoms with Gasteiger partial charge < -0.3 is 10.7 Å². The maximum atomic E-state index is 5.55. The third-order valence-electron chi connectivity index (χ3n) is 3.62. The summed E-state index contributed by atoms with van der Waals surface area (Å²) in [6.45, 7) is 6.41. The molecule has 1 atom stereocenters. The average molecular weight is 263 g/mol. The Balaban J connectivity index is 2.15. The molecule has 106 valence electrons. The first-order chi connectivity index (χ1) is 9.15. The molecule has 4 N–H and O–H groups in total. The summed E-state index contributed by atoms with van der Waals surface area (Å²) in [5.41, 5.74) is 3.68. The van der Waals surface area contributed by atoms with Gasteiger partial charge in [0.2, 0.25) is 0 Å². The summed E-state index contributed by atoms with van der Waals surface area (Å²) in [6, 6.07) is 0.422. The van der Waals surface area contributed by atoms with Crippen molar-refractivity contribution in [3.05, 3.63) is 11.4 Å². The summed E-state index contributed by atoms with van der Waals surface area (Å²) in [5, 5.41) is 3.50. The molecule has 1 aromatic rings. The minimum atomic E-state index is 0.422. The highest BCUT2D eigenvalue weighted by Crippen LogP contribution is 2.39. The molecular weight excluding hydrogens is 238 g/mol. The van der Waals surface area contributed by atoms with E-state index in [1.54, 1.807) is 0 Å². The molecule has 5 nitrogen and oxygen atoms in total. The van der Waals surface area contributed by atoms with Crippen molar-refractivity contribution in [3.8, 4) is 0 Å². The molecule has 1 aromatic heterocycles. The van der Waals surface area contributed by atoms with Gasteiger partial charge in [-0.3, -0.25) is 0 Å². The number of unbranched alkanes of at least 4 members (excludes halogenated alkanes) is 1. The van der Waals surface area contributed by atoms with Gasteiger partial charge in [-0.25, -0.2) is 15.8 Å². The van der Waals surface area contributed by atoms with Crippen LogP contribution in [0, 0.1) is 6.92 Å². The zero-order valence-corrected chi connectivity index (χ0v) is 12.2. The van der Waals surface area contributed by atoms with Crippen LogP contribution in [0.25, 0.3) is 0 Å². The highest BCUT2D eigenvalue weighted by Gasteiger charge is 2.28. The molecule has 1 aliphatic rings. The Hall–Kier alpha value is -1.36. The normalized spacial score (nSPS) is 16.2. The van der Waals surface area contributed by atoms with Gasteiger partial charge in [0, 0.05) is 17.5 Å². The monoisotopic (exact) mass is 263 g/mol. The van der Waals surface area contributed by atoms with E-state index in [4.69, 9.17) is 5.84 Å². The lowest BCUT2D eigenvalue weighted by molar-refractivity contribution is 0.642. The highest BCUT2D eigenvalue weighted by atomic mass is 15.3. The molecule has 0 bridgehead atoms. The smallest absolute Gasteiger partial charge is 0.148 e. The Kier molecular flexibility index (Phi) is 4.58. The molecule has 0 aliphatic heterocycles. The number of anilines is 2. The van der Waals surface area contributed by atoms with Gasteiger partial charge in [-0.2, -0.15) is 0 Å². The third kappa shape index (κ3) is 3.56. The quantitative estimate of drug-likeness (QED) is 0.521. The van der Waals surface area contributed by atoms with Crippen LogP contribution in [0.15, 0.2) is 0 Å². The van der Waals surface area contributed by atoms with Crippen molar-refractivity contribution in [3.63, 3.8) is 0 Å². The van der Waals surface area contributed by atoms with Crippen LogP contribution >= 0.6 is 0 Å². The van der Waals surface area contributed by atoms with Crippen molar-refractivity contribution in [1.82, 2.24) is 9.97 Å². The molecule has 19 heavy (non-hydrogen) atoms. The molecule has 1 heterocycles. The summed E-state index contributed by atoms with van der Waals surface area (Å²) in [6.07, 6.45) is 5.99. The number of nitrogens with two attached hydrogens (primary N) is 1. The van der Waals surface area contributed by atoms with E-state index in [1.165, 1.54) is 25.7 Å². The minimum absolute atomic E-state index is 0.422. The van der Waals surface area contributed by atoms with Crippen molar-refractivity contribution in [2.75, 3.05) is 10.7 Å². The average Bonchev–Trinajstić information content (AvgIpc) is 3.23. The first-order valence-corrected chi connectivity index (χ1v) is 7.27. The highest BCUT2D eigenvalue weighted by molar-refractivity contribution is 5.57. The van der Waals surface area contributed by atoms with Gasteiger partial charge in [0.05, 0.1) is 0 Å². The first-order valence-electron chi connectivity index (χ1n) is 7.27. The van der Waals surface area contributed by atoms with Gasteiger partial charge in [0.25, 0.3) is 0 Å². The summed E-state index contributed by atoms with van der Waals surface area (Å²) < 4.78 is 0. The Morgan fingerprint density at radius 1 is 1.32 bits per heavy atom. The number of nitrogens with zero attached hydrogens (tertiary/aromatic N) is 2. The molecular formula is C14H25N5. The maximum Gasteiger partial charge on any atom is 0.148 e. The van der Waals surface area contributed by atoms with Crippen molar-refractivity contribution in [2.45, 2.75) is 64.8 Å². The van der Waals surface area contributed by atoms with Crippen LogP contribution in [0.1, 0.15) is 63.3 Å². The van der Waals surface area contributed by atoms with Gasteiger partial charge in [-0.15, -0.1) is 0 Å². The molecule has 0 saturated heterocycles. The molecule has 1 aliphatic carbocycles. The van der Waals surface area contributed by atoms with Gasteiger partial charge in [-0.1, -0.05) is 19.8 Å². The molecule has 0 radical (unpaired) electrons. The van der Waals surface area contributed by atoms with E-state index in [1.807, 2.05) is 6.92 Å². The maximum absolute atomic E-state index is 5.55. The molecule has 0 spiro atoms. The van der Waals surface area contributed by atoms with Crippen LogP contribution in [0.4, 0.5) is 11.6 Å². The summed E-state index contributed by atoms with van der Waals surface area (Å²) in [4.78, 5) is 9.17. The molecule has 1 fully saturated rings. The second-order valence-electron chi connectivity index (χ2n) is 5.51. The van der Waals surface area contributed by atoms with Gasteiger partial charge >= 0.3 is 0 Å². The number of rotatable bonds is 7. The van der Waals surface area contributed by atoms with Crippen molar-refractivity contribution in [2.24, 2.45) is 5.84 Å². The molecule has 1 unspecified atom stereocenters. The minimum Gasteiger partial charge on any atom is -0.367 e. The largest absolute Gasteiger partial charge is 0.367 e. The Labute approximate surface area is 115 Å². The van der Waals surface area contributed by atoms with Crippen LogP contribution in [-0.4, -0.2) is 16.0 Å². The Morgan fingerprint density at radius 3 is 2.58 bits per heavy atom. The lowest BCUT2D eigenvalue weighted by Gasteiger charge is -2.18. The van der Waals surface area contributed by atoms with E-state index in [2.05, 4.69) is 34.6 Å². The van der Waals surface area contributed by atoms with Crippen molar-refractivity contribution in [1.29, 1.82) is 0 Å². The second-order valence-corrected chi connectivity index (χ2v) is 5.51. The molecule has 5 heteroatoms. The van der Waals surface area contributed by atoms with Crippen molar-refractivity contribution < 1.29 is 0 Å². The SMILES string of the molecule is CCCCC(C)Nc1nc(C2CC2)nc(NN)c1C.